The Kier molecular flexibility index (Phi) is 8.46. The van der Waals surface area contributed by atoms with Gasteiger partial charge >= 0.3 is 0 Å². The van der Waals surface area contributed by atoms with Crippen molar-refractivity contribution in [2.45, 2.75) is 45.1 Å². The topological polar surface area (TPSA) is 105 Å². The summed E-state index contributed by atoms with van der Waals surface area (Å²) in [7, 11) is 0. The number of rotatable bonds is 7. The minimum Gasteiger partial charge on any atom is -0.354 e. The second kappa shape index (κ2) is 10.6. The molecule has 0 radical (unpaired) electrons. The molecule has 0 spiro atoms. The summed E-state index contributed by atoms with van der Waals surface area (Å²) in [5.74, 6) is 0.514. The van der Waals surface area contributed by atoms with Crippen LogP contribution in [0, 0.1) is 11.8 Å². The van der Waals surface area contributed by atoms with E-state index in [4.69, 9.17) is 5.73 Å². The van der Waals surface area contributed by atoms with Crippen LogP contribution in [0.3, 0.4) is 0 Å². The van der Waals surface area contributed by atoms with E-state index in [9.17, 15) is 14.4 Å². The quantitative estimate of drug-likeness (QED) is 0.626. The standard InChI is InChI=1S/C21H30N4O3.ClH/c1-14-12-18(14)20(27)24-16-7-5-15(6-8-16)21(28)25-11-3-2-4-17(25)13-23-19(26)9-10-22;/h5-8,14,17-18H,2-4,9-13,22H2,1H3,(H,23,26)(H,24,27);1H. The van der Waals surface area contributed by atoms with Gasteiger partial charge in [-0.05, 0) is 55.9 Å². The van der Waals surface area contributed by atoms with Gasteiger partial charge in [0.25, 0.3) is 5.91 Å². The number of nitrogens with two attached hydrogens (primary N) is 1. The first-order valence-electron chi connectivity index (χ1n) is 10.2. The molecule has 2 aliphatic rings. The molecule has 3 amide bonds. The molecule has 1 aliphatic heterocycles. The largest absolute Gasteiger partial charge is 0.354 e. The zero-order valence-electron chi connectivity index (χ0n) is 16.9. The van der Waals surface area contributed by atoms with Crippen LogP contribution in [0.2, 0.25) is 0 Å². The highest BCUT2D eigenvalue weighted by atomic mass is 35.5. The van der Waals surface area contributed by atoms with Gasteiger partial charge < -0.3 is 21.3 Å². The van der Waals surface area contributed by atoms with Crippen LogP contribution in [-0.2, 0) is 9.59 Å². The van der Waals surface area contributed by atoms with Gasteiger partial charge in [0, 0.05) is 49.3 Å². The zero-order valence-corrected chi connectivity index (χ0v) is 17.7. The first-order chi connectivity index (χ1) is 13.5. The number of nitrogens with zero attached hydrogens (tertiary/aromatic N) is 1. The van der Waals surface area contributed by atoms with Gasteiger partial charge in [0.1, 0.15) is 0 Å². The average Bonchev–Trinajstić information content (AvgIpc) is 3.44. The van der Waals surface area contributed by atoms with E-state index in [-0.39, 0.29) is 42.1 Å². The van der Waals surface area contributed by atoms with Crippen LogP contribution in [0.1, 0.15) is 49.4 Å². The average molecular weight is 423 g/mol. The second-order valence-electron chi connectivity index (χ2n) is 7.88. The summed E-state index contributed by atoms with van der Waals surface area (Å²) in [5.41, 5.74) is 6.72. The monoisotopic (exact) mass is 422 g/mol. The van der Waals surface area contributed by atoms with E-state index < -0.39 is 0 Å². The Morgan fingerprint density at radius 2 is 1.86 bits per heavy atom. The molecule has 1 aliphatic carbocycles. The molecule has 29 heavy (non-hydrogen) atoms. The highest BCUT2D eigenvalue weighted by Crippen LogP contribution is 2.38. The van der Waals surface area contributed by atoms with Gasteiger partial charge in [0.2, 0.25) is 11.8 Å². The molecule has 0 aromatic heterocycles. The van der Waals surface area contributed by atoms with Gasteiger partial charge in [-0.25, -0.2) is 0 Å². The van der Waals surface area contributed by atoms with Gasteiger partial charge in [-0.2, -0.15) is 0 Å². The Balaban J connectivity index is 0.00000300. The molecule has 1 saturated carbocycles. The normalized spacial score (nSPS) is 23.0. The fraction of sp³-hybridized carbons (Fsp3) is 0.571. The number of likely N-dealkylation sites (tertiary alicyclic amines) is 1. The lowest BCUT2D eigenvalue weighted by molar-refractivity contribution is -0.121. The Morgan fingerprint density at radius 1 is 1.17 bits per heavy atom. The molecule has 3 atom stereocenters. The van der Waals surface area contributed by atoms with Gasteiger partial charge in [0.05, 0.1) is 0 Å². The molecule has 0 bridgehead atoms. The molecular weight excluding hydrogens is 392 g/mol. The van der Waals surface area contributed by atoms with Crippen molar-refractivity contribution in [3.63, 3.8) is 0 Å². The summed E-state index contributed by atoms with van der Waals surface area (Å²) in [6, 6.07) is 7.07. The third kappa shape index (κ3) is 6.18. The third-order valence-electron chi connectivity index (χ3n) is 5.64. The predicted molar refractivity (Wildman–Crippen MR) is 115 cm³/mol. The van der Waals surface area contributed by atoms with E-state index in [2.05, 4.69) is 17.6 Å². The Labute approximate surface area is 178 Å². The van der Waals surface area contributed by atoms with Crippen molar-refractivity contribution >= 4 is 35.8 Å². The second-order valence-corrected chi connectivity index (χ2v) is 7.88. The minimum atomic E-state index is -0.0782. The molecule has 7 nitrogen and oxygen atoms in total. The smallest absolute Gasteiger partial charge is 0.254 e. The van der Waals surface area contributed by atoms with Gasteiger partial charge in [-0.15, -0.1) is 12.4 Å². The number of carbonyl (C=O) groups excluding carboxylic acids is 3. The van der Waals surface area contributed by atoms with E-state index in [1.54, 1.807) is 24.3 Å². The van der Waals surface area contributed by atoms with E-state index in [1.807, 2.05) is 4.90 Å². The molecule has 4 N–H and O–H groups in total. The number of amides is 3. The SMILES string of the molecule is CC1CC1C(=O)Nc1ccc(C(=O)N2CCCCC2CNC(=O)CCN)cc1.Cl. The minimum absolute atomic E-state index is 0. The lowest BCUT2D eigenvalue weighted by Crippen LogP contribution is -2.49. The molecule has 1 heterocycles. The van der Waals surface area contributed by atoms with Crippen LogP contribution in [0.25, 0.3) is 0 Å². The van der Waals surface area contributed by atoms with Gasteiger partial charge in [-0.3, -0.25) is 14.4 Å². The first kappa shape index (κ1) is 23.2. The van der Waals surface area contributed by atoms with Gasteiger partial charge in [-0.1, -0.05) is 6.92 Å². The van der Waals surface area contributed by atoms with Crippen molar-refractivity contribution in [3.8, 4) is 0 Å². The van der Waals surface area contributed by atoms with Crippen molar-refractivity contribution in [2.24, 2.45) is 17.6 Å². The van der Waals surface area contributed by atoms with Crippen LogP contribution >= 0.6 is 12.4 Å². The molecule has 3 rings (SSSR count). The van der Waals surface area contributed by atoms with Crippen molar-refractivity contribution in [1.29, 1.82) is 0 Å². The van der Waals surface area contributed by atoms with Crippen LogP contribution in [0.5, 0.6) is 0 Å². The summed E-state index contributed by atoms with van der Waals surface area (Å²) in [5, 5.41) is 5.79. The maximum absolute atomic E-state index is 13.0. The van der Waals surface area contributed by atoms with E-state index >= 15 is 0 Å². The fourth-order valence-corrected chi connectivity index (χ4v) is 3.72. The Bertz CT molecular complexity index is 725. The number of piperidine rings is 1. The summed E-state index contributed by atoms with van der Waals surface area (Å²) in [4.78, 5) is 38.6. The fourth-order valence-electron chi connectivity index (χ4n) is 3.72. The summed E-state index contributed by atoms with van der Waals surface area (Å²) in [6.45, 7) is 3.54. The number of hydrogen-bond donors (Lipinski definition) is 3. The number of anilines is 1. The molecule has 1 saturated heterocycles. The Morgan fingerprint density at radius 3 is 2.48 bits per heavy atom. The molecular formula is C21H31ClN4O3. The molecule has 160 valence electrons. The summed E-state index contributed by atoms with van der Waals surface area (Å²) < 4.78 is 0. The predicted octanol–water partition coefficient (Wildman–Crippen LogP) is 2.16. The number of benzene rings is 1. The highest BCUT2D eigenvalue weighted by Gasteiger charge is 2.39. The van der Waals surface area contributed by atoms with E-state index in [1.165, 1.54) is 0 Å². The van der Waals surface area contributed by atoms with Crippen LogP contribution in [0.4, 0.5) is 5.69 Å². The van der Waals surface area contributed by atoms with Crippen LogP contribution in [0.15, 0.2) is 24.3 Å². The van der Waals surface area contributed by atoms with Crippen molar-refractivity contribution in [1.82, 2.24) is 10.2 Å². The molecule has 1 aromatic carbocycles. The number of nitrogens with one attached hydrogen (secondary N) is 2. The highest BCUT2D eigenvalue weighted by molar-refractivity contribution is 5.97. The maximum atomic E-state index is 13.0. The lowest BCUT2D eigenvalue weighted by atomic mass is 10.0. The van der Waals surface area contributed by atoms with Gasteiger partial charge in [0.15, 0.2) is 0 Å². The van der Waals surface area contributed by atoms with Crippen molar-refractivity contribution in [2.75, 3.05) is 25.0 Å². The maximum Gasteiger partial charge on any atom is 0.254 e. The summed E-state index contributed by atoms with van der Waals surface area (Å²) in [6.07, 6.45) is 4.13. The third-order valence-corrected chi connectivity index (χ3v) is 5.64. The molecule has 1 aromatic rings. The van der Waals surface area contributed by atoms with Crippen molar-refractivity contribution < 1.29 is 14.4 Å². The molecule has 2 fully saturated rings. The summed E-state index contributed by atoms with van der Waals surface area (Å²) >= 11 is 0. The Hall–Kier alpha value is -2.12. The van der Waals surface area contributed by atoms with Crippen LogP contribution in [-0.4, -0.2) is 48.3 Å². The number of hydrogen-bond acceptors (Lipinski definition) is 4. The first-order valence-corrected chi connectivity index (χ1v) is 10.2. The van der Waals surface area contributed by atoms with E-state index in [0.29, 0.717) is 43.2 Å². The zero-order chi connectivity index (χ0) is 20.1. The van der Waals surface area contributed by atoms with E-state index in [0.717, 1.165) is 25.7 Å². The molecule has 8 heteroatoms. The molecule has 3 unspecified atom stereocenters. The van der Waals surface area contributed by atoms with Crippen LogP contribution < -0.4 is 16.4 Å². The lowest BCUT2D eigenvalue weighted by Gasteiger charge is -2.36. The van der Waals surface area contributed by atoms with Crippen molar-refractivity contribution in [3.05, 3.63) is 29.8 Å². The number of carbonyl (C=O) groups is 3. The number of halogens is 1.